The van der Waals surface area contributed by atoms with Crippen LogP contribution < -0.4 is 5.32 Å². The molecule has 0 aliphatic carbocycles. The van der Waals surface area contributed by atoms with Crippen LogP contribution >= 0.6 is 0 Å². The van der Waals surface area contributed by atoms with Crippen LogP contribution in [0.25, 0.3) is 0 Å². The Morgan fingerprint density at radius 1 is 1.47 bits per heavy atom. The van der Waals surface area contributed by atoms with E-state index in [1.54, 1.807) is 24.3 Å². The van der Waals surface area contributed by atoms with E-state index in [1.165, 1.54) is 0 Å². The smallest absolute Gasteiger partial charge is 0.238 e. The lowest BCUT2D eigenvalue weighted by molar-refractivity contribution is -0.117. The van der Waals surface area contributed by atoms with Crippen molar-refractivity contribution in [2.24, 2.45) is 5.92 Å². The van der Waals surface area contributed by atoms with E-state index in [1.807, 2.05) is 11.9 Å². The molecule has 0 unspecified atom stereocenters. The van der Waals surface area contributed by atoms with Crippen LogP contribution in [0.2, 0.25) is 0 Å². The summed E-state index contributed by atoms with van der Waals surface area (Å²) >= 11 is 0. The summed E-state index contributed by atoms with van der Waals surface area (Å²) in [6.07, 6.45) is 1.08. The van der Waals surface area contributed by atoms with Gasteiger partial charge in [-0.15, -0.1) is 0 Å². The monoisotopic (exact) mass is 259 g/mol. The standard InChI is InChI=1S/C15H21N3O/c1-12(2)7-8-18(3)11-15(19)17-14-6-4-5-13(9-14)10-16/h4-6,9,12H,7-8,11H2,1-3H3,(H,17,19). The summed E-state index contributed by atoms with van der Waals surface area (Å²) in [5.74, 6) is 0.583. The van der Waals surface area contributed by atoms with E-state index < -0.39 is 0 Å². The predicted molar refractivity (Wildman–Crippen MR) is 76.7 cm³/mol. The summed E-state index contributed by atoms with van der Waals surface area (Å²) in [5, 5.41) is 11.6. The van der Waals surface area contributed by atoms with Crippen molar-refractivity contribution in [2.45, 2.75) is 20.3 Å². The third-order valence-electron chi connectivity index (χ3n) is 2.78. The van der Waals surface area contributed by atoms with Crippen molar-refractivity contribution in [2.75, 3.05) is 25.5 Å². The number of hydrogen-bond donors (Lipinski definition) is 1. The van der Waals surface area contributed by atoms with Gasteiger partial charge in [0.2, 0.25) is 5.91 Å². The van der Waals surface area contributed by atoms with E-state index in [0.29, 0.717) is 23.7 Å². The first-order valence-corrected chi connectivity index (χ1v) is 6.50. The maximum absolute atomic E-state index is 11.8. The summed E-state index contributed by atoms with van der Waals surface area (Å²) < 4.78 is 0. The Morgan fingerprint density at radius 2 is 2.21 bits per heavy atom. The first kappa shape index (κ1) is 15.2. The molecule has 102 valence electrons. The van der Waals surface area contributed by atoms with E-state index in [9.17, 15) is 4.79 Å². The molecule has 4 nitrogen and oxygen atoms in total. The lowest BCUT2D eigenvalue weighted by atomic mass is 10.1. The number of carbonyl (C=O) groups excluding carboxylic acids is 1. The normalized spacial score (nSPS) is 10.5. The second-order valence-electron chi connectivity index (χ2n) is 5.16. The summed E-state index contributed by atoms with van der Waals surface area (Å²) in [4.78, 5) is 13.8. The number of amides is 1. The molecule has 0 atom stereocenters. The molecule has 0 saturated carbocycles. The van der Waals surface area contributed by atoms with Crippen molar-refractivity contribution >= 4 is 11.6 Å². The Bertz CT molecular complexity index is 463. The zero-order chi connectivity index (χ0) is 14.3. The first-order chi connectivity index (χ1) is 9.01. The van der Waals surface area contributed by atoms with Crippen LogP contribution in [-0.2, 0) is 4.79 Å². The number of rotatable bonds is 6. The fraction of sp³-hybridized carbons (Fsp3) is 0.467. The minimum Gasteiger partial charge on any atom is -0.325 e. The number of nitriles is 1. The van der Waals surface area contributed by atoms with Gasteiger partial charge in [-0.05, 0) is 44.1 Å². The number of nitrogens with one attached hydrogen (secondary N) is 1. The number of anilines is 1. The average Bonchev–Trinajstić information content (AvgIpc) is 2.36. The van der Waals surface area contributed by atoms with Gasteiger partial charge < -0.3 is 5.32 Å². The molecule has 0 heterocycles. The predicted octanol–water partition coefficient (Wildman–Crippen LogP) is 2.47. The zero-order valence-corrected chi connectivity index (χ0v) is 11.8. The summed E-state index contributed by atoms with van der Waals surface area (Å²) in [6, 6.07) is 8.98. The second kappa shape index (κ2) is 7.55. The van der Waals surface area contributed by atoms with Crippen molar-refractivity contribution in [3.8, 4) is 6.07 Å². The Balaban J connectivity index is 2.44. The summed E-state index contributed by atoms with van der Waals surface area (Å²) in [6.45, 7) is 5.61. The second-order valence-corrected chi connectivity index (χ2v) is 5.16. The molecule has 0 aromatic heterocycles. The minimum atomic E-state index is -0.0543. The maximum Gasteiger partial charge on any atom is 0.238 e. The molecule has 1 amide bonds. The Morgan fingerprint density at radius 3 is 2.84 bits per heavy atom. The highest BCUT2D eigenvalue weighted by Gasteiger charge is 2.07. The van der Waals surface area contributed by atoms with E-state index in [-0.39, 0.29) is 5.91 Å². The van der Waals surface area contributed by atoms with Crippen LogP contribution in [0.4, 0.5) is 5.69 Å². The third kappa shape index (κ3) is 6.03. The van der Waals surface area contributed by atoms with Crippen molar-refractivity contribution in [3.63, 3.8) is 0 Å². The largest absolute Gasteiger partial charge is 0.325 e. The molecule has 0 saturated heterocycles. The van der Waals surface area contributed by atoms with E-state index >= 15 is 0 Å². The molecule has 1 aromatic carbocycles. The van der Waals surface area contributed by atoms with E-state index in [2.05, 4.69) is 25.2 Å². The molecular formula is C15H21N3O. The third-order valence-corrected chi connectivity index (χ3v) is 2.78. The van der Waals surface area contributed by atoms with Gasteiger partial charge >= 0.3 is 0 Å². The molecule has 0 aliphatic heterocycles. The molecule has 4 heteroatoms. The molecule has 19 heavy (non-hydrogen) atoms. The van der Waals surface area contributed by atoms with Crippen LogP contribution in [0.1, 0.15) is 25.8 Å². The lowest BCUT2D eigenvalue weighted by Crippen LogP contribution is -2.31. The van der Waals surface area contributed by atoms with E-state index in [4.69, 9.17) is 5.26 Å². The number of likely N-dealkylation sites (N-methyl/N-ethyl adjacent to an activating group) is 1. The first-order valence-electron chi connectivity index (χ1n) is 6.50. The van der Waals surface area contributed by atoms with Gasteiger partial charge in [-0.25, -0.2) is 0 Å². The fourth-order valence-corrected chi connectivity index (χ4v) is 1.67. The molecule has 1 N–H and O–H groups in total. The van der Waals surface area contributed by atoms with E-state index in [0.717, 1.165) is 13.0 Å². The van der Waals surface area contributed by atoms with Gasteiger partial charge in [0, 0.05) is 5.69 Å². The van der Waals surface area contributed by atoms with Crippen LogP contribution in [0, 0.1) is 17.2 Å². The maximum atomic E-state index is 11.8. The van der Waals surface area contributed by atoms with Crippen molar-refractivity contribution in [1.29, 1.82) is 5.26 Å². The highest BCUT2D eigenvalue weighted by molar-refractivity contribution is 5.92. The van der Waals surface area contributed by atoms with Crippen molar-refractivity contribution < 1.29 is 4.79 Å². The van der Waals surface area contributed by atoms with Gasteiger partial charge in [0.1, 0.15) is 0 Å². The molecule has 0 bridgehead atoms. The molecule has 0 radical (unpaired) electrons. The van der Waals surface area contributed by atoms with Crippen LogP contribution in [-0.4, -0.2) is 30.9 Å². The number of nitrogens with zero attached hydrogens (tertiary/aromatic N) is 2. The van der Waals surface area contributed by atoms with Crippen LogP contribution in [0.5, 0.6) is 0 Å². The minimum absolute atomic E-state index is 0.0543. The number of carbonyl (C=O) groups is 1. The van der Waals surface area contributed by atoms with Gasteiger partial charge in [0.05, 0.1) is 18.2 Å². The zero-order valence-electron chi connectivity index (χ0n) is 11.8. The van der Waals surface area contributed by atoms with Crippen molar-refractivity contribution in [1.82, 2.24) is 4.90 Å². The van der Waals surface area contributed by atoms with Crippen LogP contribution in [0.3, 0.4) is 0 Å². The Hall–Kier alpha value is -1.86. The molecule has 1 rings (SSSR count). The summed E-state index contributed by atoms with van der Waals surface area (Å²) in [5.41, 5.74) is 1.22. The Kier molecular flexibility index (Phi) is 6.04. The molecule has 0 aliphatic rings. The quantitative estimate of drug-likeness (QED) is 0.854. The highest BCUT2D eigenvalue weighted by Crippen LogP contribution is 2.09. The highest BCUT2D eigenvalue weighted by atomic mass is 16.2. The lowest BCUT2D eigenvalue weighted by Gasteiger charge is -2.17. The topological polar surface area (TPSA) is 56.1 Å². The van der Waals surface area contributed by atoms with Crippen molar-refractivity contribution in [3.05, 3.63) is 29.8 Å². The van der Waals surface area contributed by atoms with Crippen LogP contribution in [0.15, 0.2) is 24.3 Å². The SMILES string of the molecule is CC(C)CCN(C)CC(=O)Nc1cccc(C#N)c1. The molecular weight excluding hydrogens is 238 g/mol. The van der Waals surface area contributed by atoms with Gasteiger partial charge in [0.15, 0.2) is 0 Å². The molecule has 0 spiro atoms. The number of benzene rings is 1. The number of hydrogen-bond acceptors (Lipinski definition) is 3. The Labute approximate surface area is 115 Å². The van der Waals surface area contributed by atoms with Gasteiger partial charge in [0.25, 0.3) is 0 Å². The summed E-state index contributed by atoms with van der Waals surface area (Å²) in [7, 11) is 1.94. The van der Waals surface area contributed by atoms with Gasteiger partial charge in [-0.1, -0.05) is 19.9 Å². The average molecular weight is 259 g/mol. The molecule has 1 aromatic rings. The van der Waals surface area contributed by atoms with Gasteiger partial charge in [-0.3, -0.25) is 9.69 Å². The fourth-order valence-electron chi connectivity index (χ4n) is 1.67. The molecule has 0 fully saturated rings. The van der Waals surface area contributed by atoms with Gasteiger partial charge in [-0.2, -0.15) is 5.26 Å².